The summed E-state index contributed by atoms with van der Waals surface area (Å²) in [5.41, 5.74) is 6.60. The highest BCUT2D eigenvalue weighted by molar-refractivity contribution is 7.11. The van der Waals surface area contributed by atoms with Crippen LogP contribution in [-0.2, 0) is 0 Å². The number of phenolic OH excluding ortho intramolecular Hbond substituents is 1. The molecule has 0 amide bonds. The van der Waals surface area contributed by atoms with E-state index >= 15 is 0 Å². The second-order valence-electron chi connectivity index (χ2n) is 10.4. The van der Waals surface area contributed by atoms with E-state index in [0.29, 0.717) is 33.9 Å². The molecule has 5 nitrogen and oxygen atoms in total. The summed E-state index contributed by atoms with van der Waals surface area (Å²) < 4.78 is 25.7. The number of anilines is 1. The van der Waals surface area contributed by atoms with Crippen LogP contribution in [0.25, 0.3) is 28.5 Å². The first-order chi connectivity index (χ1) is 18.7. The number of thiophene rings is 1. The fraction of sp³-hybridized carbons (Fsp3) is 0.188. The Hall–Kier alpha value is -4.07. The number of fused-ring (bicyclic) bond motifs is 5. The zero-order valence-electron chi connectivity index (χ0n) is 22.0. The molecule has 6 rings (SSSR count). The summed E-state index contributed by atoms with van der Waals surface area (Å²) >= 11 is 1.49. The summed E-state index contributed by atoms with van der Waals surface area (Å²) in [5, 5.41) is 27.3. The second kappa shape index (κ2) is 9.29. The van der Waals surface area contributed by atoms with Gasteiger partial charge in [0.05, 0.1) is 18.2 Å². The van der Waals surface area contributed by atoms with Crippen LogP contribution >= 0.6 is 11.3 Å². The third-order valence-electron chi connectivity index (χ3n) is 7.14. The third kappa shape index (κ3) is 4.28. The van der Waals surface area contributed by atoms with Gasteiger partial charge in [0.15, 0.2) is 11.5 Å². The van der Waals surface area contributed by atoms with Crippen molar-refractivity contribution in [2.75, 3.05) is 12.4 Å². The van der Waals surface area contributed by atoms with Crippen molar-refractivity contribution < 1.29 is 24.1 Å². The van der Waals surface area contributed by atoms with Crippen LogP contribution in [0, 0.1) is 5.82 Å². The predicted molar refractivity (Wildman–Crippen MR) is 155 cm³/mol. The molecule has 1 atom stereocenters. The van der Waals surface area contributed by atoms with Gasteiger partial charge in [0, 0.05) is 32.8 Å². The molecule has 1 unspecified atom stereocenters. The van der Waals surface area contributed by atoms with E-state index in [-0.39, 0.29) is 17.1 Å². The summed E-state index contributed by atoms with van der Waals surface area (Å²) in [4.78, 5) is 0.824. The first-order valence-corrected chi connectivity index (χ1v) is 13.5. The zero-order chi connectivity index (χ0) is 27.5. The number of hydrogen-bond donors (Lipinski definition) is 3. The number of phenols is 1. The third-order valence-corrected chi connectivity index (χ3v) is 8.02. The van der Waals surface area contributed by atoms with Crippen molar-refractivity contribution in [1.82, 2.24) is 0 Å². The van der Waals surface area contributed by atoms with Crippen molar-refractivity contribution in [3.8, 4) is 28.4 Å². The average Bonchev–Trinajstić information content (AvgIpc) is 3.36. The number of ether oxygens (including phenoxy) is 2. The van der Waals surface area contributed by atoms with Gasteiger partial charge >= 0.3 is 0 Å². The molecule has 0 aliphatic carbocycles. The lowest BCUT2D eigenvalue weighted by Gasteiger charge is -2.35. The van der Waals surface area contributed by atoms with Gasteiger partial charge in [-0.1, -0.05) is 24.3 Å². The van der Waals surface area contributed by atoms with E-state index in [0.717, 1.165) is 32.8 Å². The number of aromatic hydroxyl groups is 1. The van der Waals surface area contributed by atoms with Crippen LogP contribution in [0.5, 0.6) is 17.2 Å². The molecule has 3 N–H and O–H groups in total. The number of allylic oxidation sites excluding steroid dienone is 1. The fourth-order valence-corrected chi connectivity index (χ4v) is 6.42. The lowest BCUT2D eigenvalue weighted by molar-refractivity contribution is 0.220. The number of aliphatic hydroxyl groups is 1. The van der Waals surface area contributed by atoms with Gasteiger partial charge in [0.25, 0.3) is 0 Å². The van der Waals surface area contributed by atoms with Gasteiger partial charge < -0.3 is 25.0 Å². The molecule has 39 heavy (non-hydrogen) atoms. The van der Waals surface area contributed by atoms with Gasteiger partial charge in [-0.05, 0) is 79.8 Å². The maximum atomic E-state index is 13.5. The van der Waals surface area contributed by atoms with Crippen molar-refractivity contribution >= 4 is 34.4 Å². The van der Waals surface area contributed by atoms with Gasteiger partial charge in [-0.3, -0.25) is 0 Å². The van der Waals surface area contributed by atoms with Crippen molar-refractivity contribution in [3.63, 3.8) is 0 Å². The number of halogens is 1. The second-order valence-corrected chi connectivity index (χ2v) is 11.3. The van der Waals surface area contributed by atoms with Crippen molar-refractivity contribution in [2.24, 2.45) is 0 Å². The maximum absolute atomic E-state index is 13.5. The minimum atomic E-state index is -0.926. The van der Waals surface area contributed by atoms with Crippen LogP contribution in [0.1, 0.15) is 54.0 Å². The largest absolute Gasteiger partial charge is 0.504 e. The summed E-state index contributed by atoms with van der Waals surface area (Å²) in [6.45, 7) is 6.33. The van der Waals surface area contributed by atoms with E-state index in [4.69, 9.17) is 9.47 Å². The highest BCUT2D eigenvalue weighted by Crippen LogP contribution is 2.54. The molecule has 0 bridgehead atoms. The Balaban J connectivity index is 1.57. The number of aliphatic hydroxyl groups excluding tert-OH is 1. The van der Waals surface area contributed by atoms with Crippen molar-refractivity contribution in [2.45, 2.75) is 32.4 Å². The van der Waals surface area contributed by atoms with Gasteiger partial charge in [-0.2, -0.15) is 0 Å². The quantitative estimate of drug-likeness (QED) is 0.245. The van der Waals surface area contributed by atoms with E-state index in [1.807, 2.05) is 23.6 Å². The van der Waals surface area contributed by atoms with Crippen LogP contribution < -0.4 is 14.8 Å². The predicted octanol–water partition coefficient (Wildman–Crippen LogP) is 7.85. The molecule has 1 aromatic heterocycles. The normalized spacial score (nSPS) is 16.8. The molecule has 198 valence electrons. The van der Waals surface area contributed by atoms with E-state index < -0.39 is 6.10 Å². The minimum absolute atomic E-state index is 0.0328. The van der Waals surface area contributed by atoms with Crippen LogP contribution in [0.15, 0.2) is 66.1 Å². The molecule has 0 saturated carbocycles. The van der Waals surface area contributed by atoms with E-state index in [1.54, 1.807) is 24.3 Å². The summed E-state index contributed by atoms with van der Waals surface area (Å²) in [7, 11) is 1.53. The molecule has 2 aliphatic heterocycles. The van der Waals surface area contributed by atoms with Crippen LogP contribution in [-0.4, -0.2) is 22.9 Å². The monoisotopic (exact) mass is 541 g/mol. The van der Waals surface area contributed by atoms with E-state index in [2.05, 4.69) is 38.2 Å². The lowest BCUT2D eigenvalue weighted by atomic mass is 9.83. The minimum Gasteiger partial charge on any atom is -0.504 e. The molecule has 3 aromatic carbocycles. The van der Waals surface area contributed by atoms with Crippen molar-refractivity contribution in [1.29, 1.82) is 0 Å². The smallest absolute Gasteiger partial charge is 0.172 e. The van der Waals surface area contributed by atoms with Gasteiger partial charge in [0.2, 0.25) is 0 Å². The Bertz CT molecular complexity index is 1670. The molecular formula is C32H28FNO4S. The Morgan fingerprint density at radius 2 is 1.79 bits per heavy atom. The van der Waals surface area contributed by atoms with Gasteiger partial charge in [-0.15, -0.1) is 11.3 Å². The summed E-state index contributed by atoms with van der Waals surface area (Å²) in [6.07, 6.45) is 3.21. The molecule has 0 saturated heterocycles. The standard InChI is InChI=1S/C32H28FNO4S/c1-17-16-32(2,3)34-22-10-9-21-28(27(17)22)25(38-24-12-11-23(35)31(37-4)29(21)24)15-26-20(13-14-39-26)30(36)18-5-7-19(33)8-6-18/h5-16,30,34-36H,1-4H3. The summed E-state index contributed by atoms with van der Waals surface area (Å²) in [5.74, 6) is 1.21. The summed E-state index contributed by atoms with van der Waals surface area (Å²) in [6, 6.07) is 15.1. The number of methoxy groups -OCH3 is 1. The highest BCUT2D eigenvalue weighted by Gasteiger charge is 2.33. The first kappa shape index (κ1) is 25.2. The maximum Gasteiger partial charge on any atom is 0.172 e. The van der Waals surface area contributed by atoms with E-state index in [9.17, 15) is 14.6 Å². The molecular weight excluding hydrogens is 513 g/mol. The van der Waals surface area contributed by atoms with Crippen molar-refractivity contribution in [3.05, 3.63) is 99.0 Å². The Morgan fingerprint density at radius 1 is 1.03 bits per heavy atom. The average molecular weight is 542 g/mol. The Morgan fingerprint density at radius 3 is 2.54 bits per heavy atom. The first-order valence-electron chi connectivity index (χ1n) is 12.6. The molecule has 2 aliphatic rings. The van der Waals surface area contributed by atoms with Gasteiger partial charge in [0.1, 0.15) is 23.4 Å². The van der Waals surface area contributed by atoms with Crippen LogP contribution in [0.3, 0.4) is 0 Å². The molecule has 7 heteroatoms. The Kier molecular flexibility index (Phi) is 6.01. The number of hydrogen-bond acceptors (Lipinski definition) is 6. The molecule has 0 radical (unpaired) electrons. The van der Waals surface area contributed by atoms with Gasteiger partial charge in [-0.25, -0.2) is 4.39 Å². The number of benzene rings is 3. The molecule has 0 spiro atoms. The number of rotatable bonds is 4. The molecule has 0 fully saturated rings. The lowest BCUT2D eigenvalue weighted by Crippen LogP contribution is -2.32. The van der Waals surface area contributed by atoms with Crippen LogP contribution in [0.4, 0.5) is 10.1 Å². The molecule has 3 heterocycles. The van der Waals surface area contributed by atoms with Crippen LogP contribution in [0.2, 0.25) is 0 Å². The van der Waals surface area contributed by atoms with E-state index in [1.165, 1.54) is 30.6 Å². The highest BCUT2D eigenvalue weighted by atomic mass is 32.1. The zero-order valence-corrected chi connectivity index (χ0v) is 22.8. The Labute approximate surface area is 230 Å². The number of nitrogens with one attached hydrogen (secondary N) is 1. The fourth-order valence-electron chi connectivity index (χ4n) is 5.57. The molecule has 4 aromatic rings. The topological polar surface area (TPSA) is 71.0 Å². The SMILES string of the molecule is COc1c(O)ccc2c1-c1ccc3c(c1C(=Cc1sccc1C(O)c1ccc(F)cc1)O2)C(C)=CC(C)(C)N3.